The lowest BCUT2D eigenvalue weighted by Gasteiger charge is -2.25. The summed E-state index contributed by atoms with van der Waals surface area (Å²) in [4.78, 5) is 23.8. The van der Waals surface area contributed by atoms with E-state index >= 15 is 0 Å². The molecule has 4 aromatic rings. The van der Waals surface area contributed by atoms with E-state index in [0.717, 1.165) is 24.3 Å². The summed E-state index contributed by atoms with van der Waals surface area (Å²) in [7, 11) is 0. The number of nitro groups is 1. The first-order valence-corrected chi connectivity index (χ1v) is 11.1. The number of nitrogens with zero attached hydrogens (tertiary/aromatic N) is 1. The van der Waals surface area contributed by atoms with Crippen LogP contribution in [-0.4, -0.2) is 22.0 Å². The largest absolute Gasteiger partial charge is 0.416 e. The van der Waals surface area contributed by atoms with Gasteiger partial charge < -0.3 is 10.4 Å². The van der Waals surface area contributed by atoms with Crippen molar-refractivity contribution >= 4 is 22.4 Å². The number of amides is 1. The van der Waals surface area contributed by atoms with E-state index in [1.54, 1.807) is 12.1 Å². The van der Waals surface area contributed by atoms with E-state index in [2.05, 4.69) is 5.32 Å². The number of carbonyl (C=O) groups excluding carboxylic acids is 1. The molecule has 0 radical (unpaired) electrons. The summed E-state index contributed by atoms with van der Waals surface area (Å²) >= 11 is 0. The molecule has 6 nitrogen and oxygen atoms in total. The Morgan fingerprint density at radius 1 is 0.973 bits per heavy atom. The fourth-order valence-electron chi connectivity index (χ4n) is 4.05. The Morgan fingerprint density at radius 2 is 1.65 bits per heavy atom. The molecule has 0 saturated carbocycles. The minimum Gasteiger partial charge on any atom is -0.386 e. The lowest BCUT2D eigenvalue weighted by molar-refractivity contribution is -0.384. The van der Waals surface area contributed by atoms with Crippen molar-refractivity contribution in [3.63, 3.8) is 0 Å². The van der Waals surface area contributed by atoms with Gasteiger partial charge in [-0.05, 0) is 64.7 Å². The zero-order valence-electron chi connectivity index (χ0n) is 19.1. The highest BCUT2D eigenvalue weighted by atomic mass is 19.4. The second-order valence-corrected chi connectivity index (χ2v) is 8.44. The molecule has 0 fully saturated rings. The van der Waals surface area contributed by atoms with Crippen LogP contribution in [0.2, 0.25) is 0 Å². The standard InChI is InChI=1S/C27H20F4N2O4/c28-20-10-6-17(7-11-20)25(34)24(14-16-4-8-19(9-5-16)27(29,30)31)32-26(35)23-3-1-2-18-15-21(33(36)37)12-13-22(18)23/h1-13,15,24-25,34H,14H2,(H,32,35). The molecule has 37 heavy (non-hydrogen) atoms. The summed E-state index contributed by atoms with van der Waals surface area (Å²) in [6, 6.07) is 17.1. The van der Waals surface area contributed by atoms with Crippen LogP contribution in [0.15, 0.2) is 84.9 Å². The molecule has 0 aliphatic carbocycles. The third-order valence-corrected chi connectivity index (χ3v) is 5.97. The van der Waals surface area contributed by atoms with Gasteiger partial charge in [-0.25, -0.2) is 4.39 Å². The molecule has 0 spiro atoms. The average Bonchev–Trinajstić information content (AvgIpc) is 2.87. The summed E-state index contributed by atoms with van der Waals surface area (Å²) in [5.74, 6) is -1.12. The maximum atomic E-state index is 13.4. The van der Waals surface area contributed by atoms with Crippen LogP contribution in [-0.2, 0) is 12.6 Å². The fraction of sp³-hybridized carbons (Fsp3) is 0.148. The molecule has 10 heteroatoms. The van der Waals surface area contributed by atoms with Gasteiger partial charge >= 0.3 is 6.18 Å². The van der Waals surface area contributed by atoms with Crippen molar-refractivity contribution in [2.24, 2.45) is 0 Å². The van der Waals surface area contributed by atoms with Gasteiger partial charge in [-0.1, -0.05) is 36.4 Å². The van der Waals surface area contributed by atoms with Crippen molar-refractivity contribution in [2.75, 3.05) is 0 Å². The number of hydrogen-bond acceptors (Lipinski definition) is 4. The molecule has 2 N–H and O–H groups in total. The first-order valence-electron chi connectivity index (χ1n) is 11.1. The van der Waals surface area contributed by atoms with Crippen LogP contribution >= 0.6 is 0 Å². The number of alkyl halides is 3. The van der Waals surface area contributed by atoms with Crippen LogP contribution in [0.1, 0.15) is 33.2 Å². The SMILES string of the molecule is O=C(NC(Cc1ccc(C(F)(F)F)cc1)C(O)c1ccc(F)cc1)c1cccc2cc([N+](=O)[O-])ccc12. The minimum atomic E-state index is -4.51. The van der Waals surface area contributed by atoms with E-state index in [0.29, 0.717) is 21.9 Å². The van der Waals surface area contributed by atoms with E-state index in [-0.39, 0.29) is 17.7 Å². The van der Waals surface area contributed by atoms with Crippen molar-refractivity contribution in [3.05, 3.63) is 123 Å². The van der Waals surface area contributed by atoms with Gasteiger partial charge in [0.1, 0.15) is 5.82 Å². The molecule has 0 heterocycles. The Hall–Kier alpha value is -4.31. The number of benzene rings is 4. The van der Waals surface area contributed by atoms with Gasteiger partial charge in [-0.3, -0.25) is 14.9 Å². The van der Waals surface area contributed by atoms with Gasteiger partial charge in [0, 0.05) is 17.7 Å². The van der Waals surface area contributed by atoms with E-state index in [4.69, 9.17) is 0 Å². The van der Waals surface area contributed by atoms with Crippen molar-refractivity contribution in [1.29, 1.82) is 0 Å². The minimum absolute atomic E-state index is 0.0291. The molecule has 0 aromatic heterocycles. The molecule has 2 atom stereocenters. The Kier molecular flexibility index (Phi) is 7.21. The van der Waals surface area contributed by atoms with Crippen molar-refractivity contribution < 1.29 is 32.4 Å². The summed E-state index contributed by atoms with van der Waals surface area (Å²) in [5, 5.41) is 25.8. The van der Waals surface area contributed by atoms with Gasteiger partial charge in [-0.2, -0.15) is 13.2 Å². The Labute approximate surface area is 208 Å². The van der Waals surface area contributed by atoms with E-state index in [9.17, 15) is 37.6 Å². The van der Waals surface area contributed by atoms with Crippen LogP contribution < -0.4 is 5.32 Å². The molecule has 1 amide bonds. The predicted molar refractivity (Wildman–Crippen MR) is 128 cm³/mol. The molecule has 0 saturated heterocycles. The van der Waals surface area contributed by atoms with Crippen molar-refractivity contribution in [2.45, 2.75) is 24.7 Å². The molecular formula is C27H20F4N2O4. The van der Waals surface area contributed by atoms with E-state index in [1.807, 2.05) is 0 Å². The number of rotatable bonds is 7. The number of nitrogens with one attached hydrogen (secondary N) is 1. The van der Waals surface area contributed by atoms with Crippen LogP contribution in [0, 0.1) is 15.9 Å². The highest BCUT2D eigenvalue weighted by Crippen LogP contribution is 2.30. The van der Waals surface area contributed by atoms with Crippen molar-refractivity contribution in [1.82, 2.24) is 5.32 Å². The highest BCUT2D eigenvalue weighted by Gasteiger charge is 2.30. The monoisotopic (exact) mass is 512 g/mol. The van der Waals surface area contributed by atoms with Gasteiger partial charge in [0.2, 0.25) is 0 Å². The maximum absolute atomic E-state index is 13.4. The summed E-state index contributed by atoms with van der Waals surface area (Å²) in [5.41, 5.74) is -0.0611. The van der Waals surface area contributed by atoms with E-state index < -0.39 is 40.5 Å². The third kappa shape index (κ3) is 5.92. The number of halogens is 4. The quantitative estimate of drug-likeness (QED) is 0.181. The fourth-order valence-corrected chi connectivity index (χ4v) is 4.05. The smallest absolute Gasteiger partial charge is 0.386 e. The molecule has 0 aliphatic heterocycles. The Bertz CT molecular complexity index is 1440. The van der Waals surface area contributed by atoms with Crippen molar-refractivity contribution in [3.8, 4) is 0 Å². The van der Waals surface area contributed by atoms with Crippen LogP contribution in [0.5, 0.6) is 0 Å². The number of aliphatic hydroxyl groups excluding tert-OH is 1. The lowest BCUT2D eigenvalue weighted by Crippen LogP contribution is -2.41. The number of carbonyl (C=O) groups is 1. The van der Waals surface area contributed by atoms with Crippen LogP contribution in [0.4, 0.5) is 23.2 Å². The first kappa shape index (κ1) is 25.8. The molecule has 4 rings (SSSR count). The third-order valence-electron chi connectivity index (χ3n) is 5.97. The Balaban J connectivity index is 1.66. The van der Waals surface area contributed by atoms with Gasteiger partial charge in [0.25, 0.3) is 11.6 Å². The molecular weight excluding hydrogens is 492 g/mol. The summed E-state index contributed by atoms with van der Waals surface area (Å²) in [6.45, 7) is 0. The lowest BCUT2D eigenvalue weighted by atomic mass is 9.94. The predicted octanol–water partition coefficient (Wildman–Crippen LogP) is 5.98. The molecule has 190 valence electrons. The number of hydrogen-bond donors (Lipinski definition) is 2. The number of nitro benzene ring substituents is 1. The molecule has 4 aromatic carbocycles. The zero-order valence-corrected chi connectivity index (χ0v) is 19.1. The summed E-state index contributed by atoms with van der Waals surface area (Å²) < 4.78 is 52.3. The molecule has 0 bridgehead atoms. The van der Waals surface area contributed by atoms with Gasteiger partial charge in [0.15, 0.2) is 0 Å². The maximum Gasteiger partial charge on any atom is 0.416 e. The summed E-state index contributed by atoms with van der Waals surface area (Å²) in [6.07, 6.45) is -5.86. The number of fused-ring (bicyclic) bond motifs is 1. The van der Waals surface area contributed by atoms with Gasteiger partial charge in [-0.15, -0.1) is 0 Å². The number of aliphatic hydroxyl groups is 1. The topological polar surface area (TPSA) is 92.5 Å². The highest BCUT2D eigenvalue weighted by molar-refractivity contribution is 6.07. The van der Waals surface area contributed by atoms with Gasteiger partial charge in [0.05, 0.1) is 22.6 Å². The Morgan fingerprint density at radius 3 is 2.27 bits per heavy atom. The average molecular weight is 512 g/mol. The zero-order chi connectivity index (χ0) is 26.7. The first-order chi connectivity index (χ1) is 17.5. The van der Waals surface area contributed by atoms with E-state index in [1.165, 1.54) is 48.5 Å². The second kappa shape index (κ2) is 10.4. The molecule has 0 aliphatic rings. The van der Waals surface area contributed by atoms with Crippen LogP contribution in [0.3, 0.4) is 0 Å². The molecule has 2 unspecified atom stereocenters. The number of non-ortho nitro benzene ring substituents is 1. The van der Waals surface area contributed by atoms with Crippen LogP contribution in [0.25, 0.3) is 10.8 Å². The normalized spacial score (nSPS) is 13.2. The second-order valence-electron chi connectivity index (χ2n) is 8.44.